The number of carbonyl (C=O) groups is 1. The van der Waals surface area contributed by atoms with Crippen molar-refractivity contribution >= 4 is 41.3 Å². The SMILES string of the molecule is COC(=O)c1ccc(Cl)c(CN(Cc2scnc2C)CC2CCNC2)c1.Cl. The van der Waals surface area contributed by atoms with Gasteiger partial charge in [0.05, 0.1) is 23.9 Å². The molecule has 1 aliphatic rings. The van der Waals surface area contributed by atoms with Crippen molar-refractivity contribution in [3.05, 3.63) is 50.4 Å². The molecule has 0 spiro atoms. The molecule has 5 nitrogen and oxygen atoms in total. The second-order valence-corrected chi connectivity index (χ2v) is 8.03. The zero-order chi connectivity index (χ0) is 18.5. The normalized spacial score (nSPS) is 16.4. The molecule has 8 heteroatoms. The molecule has 148 valence electrons. The first-order chi connectivity index (χ1) is 12.6. The van der Waals surface area contributed by atoms with Crippen LogP contribution in [0.5, 0.6) is 0 Å². The van der Waals surface area contributed by atoms with E-state index in [1.54, 1.807) is 23.5 Å². The summed E-state index contributed by atoms with van der Waals surface area (Å²) in [5.74, 6) is 0.290. The number of ether oxygens (including phenoxy) is 1. The number of thiazole rings is 1. The van der Waals surface area contributed by atoms with E-state index >= 15 is 0 Å². The quantitative estimate of drug-likeness (QED) is 0.675. The van der Waals surface area contributed by atoms with Crippen LogP contribution in [0.25, 0.3) is 0 Å². The van der Waals surface area contributed by atoms with E-state index in [2.05, 4.69) is 15.2 Å². The monoisotopic (exact) mass is 429 g/mol. The van der Waals surface area contributed by atoms with Gasteiger partial charge in [-0.05, 0) is 56.1 Å². The number of benzene rings is 1. The maximum atomic E-state index is 11.8. The first kappa shape index (κ1) is 22.1. The van der Waals surface area contributed by atoms with Crippen LogP contribution in [-0.2, 0) is 17.8 Å². The van der Waals surface area contributed by atoms with Crippen LogP contribution in [0.3, 0.4) is 0 Å². The van der Waals surface area contributed by atoms with Crippen LogP contribution >= 0.6 is 35.3 Å². The Balaban J connectivity index is 0.00000261. The van der Waals surface area contributed by atoms with Crippen LogP contribution in [0.1, 0.15) is 32.9 Å². The lowest BCUT2D eigenvalue weighted by Gasteiger charge is -2.25. The molecular weight excluding hydrogens is 405 g/mol. The van der Waals surface area contributed by atoms with Crippen molar-refractivity contribution in [1.29, 1.82) is 0 Å². The Labute approximate surface area is 175 Å². The lowest BCUT2D eigenvalue weighted by atomic mass is 10.1. The Bertz CT molecular complexity index is 763. The molecule has 1 unspecified atom stereocenters. The van der Waals surface area contributed by atoms with E-state index in [-0.39, 0.29) is 18.4 Å². The number of nitrogens with one attached hydrogen (secondary N) is 1. The Kier molecular flexibility index (Phi) is 8.51. The molecular formula is C19H25Cl2N3O2S. The van der Waals surface area contributed by atoms with Gasteiger partial charge in [-0.15, -0.1) is 23.7 Å². The Morgan fingerprint density at radius 2 is 2.26 bits per heavy atom. The summed E-state index contributed by atoms with van der Waals surface area (Å²) in [4.78, 5) is 19.9. The van der Waals surface area contributed by atoms with Crippen LogP contribution in [0.15, 0.2) is 23.7 Å². The van der Waals surface area contributed by atoms with Crippen LogP contribution in [0.2, 0.25) is 5.02 Å². The fraction of sp³-hybridized carbons (Fsp3) is 0.474. The number of aromatic nitrogens is 1. The predicted molar refractivity (Wildman–Crippen MR) is 112 cm³/mol. The van der Waals surface area contributed by atoms with Gasteiger partial charge in [0.1, 0.15) is 0 Å². The van der Waals surface area contributed by atoms with E-state index in [4.69, 9.17) is 16.3 Å². The van der Waals surface area contributed by atoms with Crippen molar-refractivity contribution in [3.8, 4) is 0 Å². The van der Waals surface area contributed by atoms with Gasteiger partial charge in [0.25, 0.3) is 0 Å². The molecule has 1 fully saturated rings. The third-order valence-electron chi connectivity index (χ3n) is 4.75. The zero-order valence-electron chi connectivity index (χ0n) is 15.5. The summed E-state index contributed by atoms with van der Waals surface area (Å²) in [5.41, 5.74) is 4.45. The number of esters is 1. The fourth-order valence-corrected chi connectivity index (χ4v) is 4.28. The number of aryl methyl sites for hydroxylation is 1. The Hall–Kier alpha value is -1.18. The maximum absolute atomic E-state index is 11.8. The molecule has 0 aliphatic carbocycles. The standard InChI is InChI=1S/C19H24ClN3O2S.ClH/c1-13-18(26-12-22-13)11-23(9-14-5-6-21-8-14)10-16-7-15(19(24)25-2)3-4-17(16)20;/h3-4,7,12,14,21H,5-6,8-11H2,1-2H3;1H. The van der Waals surface area contributed by atoms with Crippen LogP contribution in [-0.4, -0.2) is 42.6 Å². The third kappa shape index (κ3) is 5.90. The summed E-state index contributed by atoms with van der Waals surface area (Å²) in [6, 6.07) is 5.32. The summed E-state index contributed by atoms with van der Waals surface area (Å²) < 4.78 is 4.83. The van der Waals surface area contributed by atoms with Gasteiger partial charge in [-0.25, -0.2) is 9.78 Å². The van der Waals surface area contributed by atoms with Gasteiger partial charge in [-0.1, -0.05) is 11.6 Å². The average Bonchev–Trinajstić information content (AvgIpc) is 3.28. The number of nitrogens with zero attached hydrogens (tertiary/aromatic N) is 2. The van der Waals surface area contributed by atoms with Gasteiger partial charge < -0.3 is 10.1 Å². The summed E-state index contributed by atoms with van der Waals surface area (Å²) in [5, 5.41) is 4.11. The molecule has 2 aromatic rings. The lowest BCUT2D eigenvalue weighted by molar-refractivity contribution is 0.0600. The molecule has 0 radical (unpaired) electrons. The Morgan fingerprint density at radius 3 is 2.89 bits per heavy atom. The minimum absolute atomic E-state index is 0. The summed E-state index contributed by atoms with van der Waals surface area (Å²) >= 11 is 8.10. The van der Waals surface area contributed by atoms with Crippen LogP contribution in [0, 0.1) is 12.8 Å². The van der Waals surface area contributed by atoms with E-state index in [0.29, 0.717) is 23.0 Å². The average molecular weight is 430 g/mol. The van der Waals surface area contributed by atoms with Crippen molar-refractivity contribution in [3.63, 3.8) is 0 Å². The van der Waals surface area contributed by atoms with Crippen molar-refractivity contribution in [2.75, 3.05) is 26.7 Å². The number of methoxy groups -OCH3 is 1. The van der Waals surface area contributed by atoms with Crippen molar-refractivity contribution in [2.24, 2.45) is 5.92 Å². The maximum Gasteiger partial charge on any atom is 0.337 e. The molecule has 0 amide bonds. The number of halogens is 2. The highest BCUT2D eigenvalue weighted by atomic mass is 35.5. The first-order valence-electron chi connectivity index (χ1n) is 8.75. The molecule has 1 N–H and O–H groups in total. The molecule has 2 heterocycles. The first-order valence-corrected chi connectivity index (χ1v) is 10.0. The number of rotatable bonds is 7. The predicted octanol–water partition coefficient (Wildman–Crippen LogP) is 3.93. The fourth-order valence-electron chi connectivity index (χ4n) is 3.28. The number of carbonyl (C=O) groups excluding carboxylic acids is 1. The van der Waals surface area contributed by atoms with Crippen LogP contribution < -0.4 is 5.32 Å². The van der Waals surface area contributed by atoms with E-state index in [1.165, 1.54) is 18.4 Å². The van der Waals surface area contributed by atoms with Crippen LogP contribution in [0.4, 0.5) is 0 Å². The minimum atomic E-state index is -0.340. The molecule has 1 aromatic carbocycles. The second kappa shape index (κ2) is 10.4. The molecule has 27 heavy (non-hydrogen) atoms. The highest BCUT2D eigenvalue weighted by molar-refractivity contribution is 7.09. The second-order valence-electron chi connectivity index (χ2n) is 6.69. The summed E-state index contributed by atoms with van der Waals surface area (Å²) in [6.45, 7) is 6.70. The molecule has 1 atom stereocenters. The van der Waals surface area contributed by atoms with Gasteiger partial charge in [-0.2, -0.15) is 0 Å². The molecule has 0 saturated carbocycles. The van der Waals surface area contributed by atoms with Gasteiger partial charge in [0, 0.05) is 29.5 Å². The van der Waals surface area contributed by atoms with Gasteiger partial charge in [-0.3, -0.25) is 4.90 Å². The van der Waals surface area contributed by atoms with Gasteiger partial charge in [0.2, 0.25) is 0 Å². The Morgan fingerprint density at radius 1 is 1.44 bits per heavy atom. The summed E-state index contributed by atoms with van der Waals surface area (Å²) in [7, 11) is 1.39. The topological polar surface area (TPSA) is 54.5 Å². The summed E-state index contributed by atoms with van der Waals surface area (Å²) in [6.07, 6.45) is 1.19. The molecule has 1 aromatic heterocycles. The number of hydrogen-bond acceptors (Lipinski definition) is 6. The van der Waals surface area contributed by atoms with E-state index in [0.717, 1.165) is 37.4 Å². The van der Waals surface area contributed by atoms with E-state index < -0.39 is 0 Å². The highest BCUT2D eigenvalue weighted by Crippen LogP contribution is 2.24. The van der Waals surface area contributed by atoms with E-state index in [9.17, 15) is 4.79 Å². The highest BCUT2D eigenvalue weighted by Gasteiger charge is 2.21. The third-order valence-corrected chi connectivity index (χ3v) is 6.04. The van der Waals surface area contributed by atoms with Gasteiger partial charge in [0.15, 0.2) is 0 Å². The smallest absolute Gasteiger partial charge is 0.337 e. The molecule has 1 saturated heterocycles. The largest absolute Gasteiger partial charge is 0.465 e. The van der Waals surface area contributed by atoms with Crippen molar-refractivity contribution < 1.29 is 9.53 Å². The zero-order valence-corrected chi connectivity index (χ0v) is 17.9. The van der Waals surface area contributed by atoms with Crippen molar-refractivity contribution in [2.45, 2.75) is 26.4 Å². The molecule has 3 rings (SSSR count). The van der Waals surface area contributed by atoms with E-state index in [1.807, 2.05) is 18.5 Å². The van der Waals surface area contributed by atoms with Gasteiger partial charge >= 0.3 is 5.97 Å². The molecule has 0 bridgehead atoms. The van der Waals surface area contributed by atoms with Crippen molar-refractivity contribution in [1.82, 2.24) is 15.2 Å². The number of hydrogen-bond donors (Lipinski definition) is 1. The minimum Gasteiger partial charge on any atom is -0.465 e. The molecule has 1 aliphatic heterocycles. The lowest BCUT2D eigenvalue weighted by Crippen LogP contribution is -2.30.